The van der Waals surface area contributed by atoms with Crippen LogP contribution >= 0.6 is 0 Å². The molecule has 7 nitrogen and oxygen atoms in total. The molecule has 0 aromatic rings. The van der Waals surface area contributed by atoms with Crippen LogP contribution in [-0.2, 0) is 19.1 Å². The molecule has 1 heterocycles. The third-order valence-electron chi connectivity index (χ3n) is 2.89. The van der Waals surface area contributed by atoms with Crippen LogP contribution < -0.4 is 11.1 Å². The van der Waals surface area contributed by atoms with Crippen molar-refractivity contribution in [2.75, 3.05) is 13.2 Å². The maximum Gasteiger partial charge on any atom is 0.326 e. The van der Waals surface area contributed by atoms with Crippen molar-refractivity contribution in [1.29, 1.82) is 0 Å². The number of amides is 2. The minimum atomic E-state index is -1.16. The first-order valence-electron chi connectivity index (χ1n) is 5.90. The molecular formula is C11H18N2O5. The van der Waals surface area contributed by atoms with Crippen LogP contribution in [0, 0.1) is 5.92 Å². The van der Waals surface area contributed by atoms with Gasteiger partial charge in [0.25, 0.3) is 0 Å². The first kappa shape index (κ1) is 14.4. The first-order chi connectivity index (χ1) is 8.50. The number of nitrogens with two attached hydrogens (primary N) is 1. The second-order valence-corrected chi connectivity index (χ2v) is 4.29. The average molecular weight is 258 g/mol. The van der Waals surface area contributed by atoms with Gasteiger partial charge in [0.2, 0.25) is 11.8 Å². The number of nitrogens with one attached hydrogen (secondary N) is 1. The SMILES string of the molecule is NC(=O)CC[C@@H](NC(=O)C1CCOCC1)C(=O)O. The van der Waals surface area contributed by atoms with Crippen LogP contribution in [0.25, 0.3) is 0 Å². The van der Waals surface area contributed by atoms with Crippen LogP contribution in [0.3, 0.4) is 0 Å². The van der Waals surface area contributed by atoms with E-state index >= 15 is 0 Å². The Bertz CT molecular complexity index is 325. The fourth-order valence-corrected chi connectivity index (χ4v) is 1.79. The maximum atomic E-state index is 11.8. The summed E-state index contributed by atoms with van der Waals surface area (Å²) in [6.07, 6.45) is 1.13. The largest absolute Gasteiger partial charge is 0.480 e. The summed E-state index contributed by atoms with van der Waals surface area (Å²) in [4.78, 5) is 33.4. The van der Waals surface area contributed by atoms with Crippen molar-refractivity contribution in [3.8, 4) is 0 Å². The summed E-state index contributed by atoms with van der Waals surface area (Å²) in [5, 5.41) is 11.4. The van der Waals surface area contributed by atoms with E-state index in [1.807, 2.05) is 0 Å². The third kappa shape index (κ3) is 4.70. The summed E-state index contributed by atoms with van der Waals surface area (Å²) in [6, 6.07) is -1.06. The Morgan fingerprint density at radius 1 is 1.33 bits per heavy atom. The van der Waals surface area contributed by atoms with Gasteiger partial charge in [-0.05, 0) is 19.3 Å². The maximum absolute atomic E-state index is 11.8. The highest BCUT2D eigenvalue weighted by molar-refractivity contribution is 5.85. The monoisotopic (exact) mass is 258 g/mol. The Morgan fingerprint density at radius 2 is 1.94 bits per heavy atom. The molecule has 0 aliphatic carbocycles. The van der Waals surface area contributed by atoms with Gasteiger partial charge in [-0.15, -0.1) is 0 Å². The molecule has 4 N–H and O–H groups in total. The highest BCUT2D eigenvalue weighted by Gasteiger charge is 2.26. The molecule has 102 valence electrons. The Hall–Kier alpha value is -1.63. The van der Waals surface area contributed by atoms with E-state index in [1.54, 1.807) is 0 Å². The third-order valence-corrected chi connectivity index (χ3v) is 2.89. The molecule has 0 spiro atoms. The van der Waals surface area contributed by atoms with Crippen LogP contribution in [0.4, 0.5) is 0 Å². The van der Waals surface area contributed by atoms with Crippen molar-refractivity contribution in [1.82, 2.24) is 5.32 Å². The molecule has 7 heteroatoms. The number of aliphatic carboxylic acids is 1. The van der Waals surface area contributed by atoms with Crippen molar-refractivity contribution in [2.24, 2.45) is 11.7 Å². The Labute approximate surface area is 105 Å². The minimum absolute atomic E-state index is 0.0135. The molecule has 1 atom stereocenters. The summed E-state index contributed by atoms with van der Waals surface area (Å²) in [6.45, 7) is 1.02. The van der Waals surface area contributed by atoms with Gasteiger partial charge in [0, 0.05) is 25.6 Å². The number of hydrogen-bond donors (Lipinski definition) is 3. The molecular weight excluding hydrogens is 240 g/mol. The Balaban J connectivity index is 2.46. The molecule has 18 heavy (non-hydrogen) atoms. The molecule has 0 unspecified atom stereocenters. The first-order valence-corrected chi connectivity index (χ1v) is 5.90. The van der Waals surface area contributed by atoms with E-state index in [4.69, 9.17) is 15.6 Å². The Kier molecular flexibility index (Phi) is 5.57. The van der Waals surface area contributed by atoms with Gasteiger partial charge < -0.3 is 20.9 Å². The molecule has 0 saturated carbocycles. The van der Waals surface area contributed by atoms with Crippen LogP contribution in [0.1, 0.15) is 25.7 Å². The van der Waals surface area contributed by atoms with Gasteiger partial charge in [-0.25, -0.2) is 4.79 Å². The summed E-state index contributed by atoms with van der Waals surface area (Å²) in [5.74, 6) is -2.25. The van der Waals surface area contributed by atoms with Crippen molar-refractivity contribution >= 4 is 17.8 Å². The lowest BCUT2D eigenvalue weighted by molar-refractivity contribution is -0.143. The van der Waals surface area contributed by atoms with Crippen LogP contribution in [0.15, 0.2) is 0 Å². The zero-order chi connectivity index (χ0) is 13.5. The lowest BCUT2D eigenvalue weighted by Gasteiger charge is -2.23. The van der Waals surface area contributed by atoms with E-state index in [1.165, 1.54) is 0 Å². The van der Waals surface area contributed by atoms with Gasteiger partial charge >= 0.3 is 5.97 Å². The summed E-state index contributed by atoms with van der Waals surface area (Å²) in [7, 11) is 0. The molecule has 1 saturated heterocycles. The second-order valence-electron chi connectivity index (χ2n) is 4.29. The van der Waals surface area contributed by atoms with Crippen molar-refractivity contribution in [3.05, 3.63) is 0 Å². The highest BCUT2D eigenvalue weighted by atomic mass is 16.5. The molecule has 0 bridgehead atoms. The summed E-state index contributed by atoms with van der Waals surface area (Å²) >= 11 is 0. The second kappa shape index (κ2) is 6.95. The van der Waals surface area contributed by atoms with Gasteiger partial charge in [-0.3, -0.25) is 9.59 Å². The molecule has 1 aliphatic heterocycles. The van der Waals surface area contributed by atoms with Crippen molar-refractivity contribution in [3.63, 3.8) is 0 Å². The average Bonchev–Trinajstić information content (AvgIpc) is 2.34. The predicted octanol–water partition coefficient (Wildman–Crippen LogP) is -0.752. The standard InChI is InChI=1S/C11H18N2O5/c12-9(14)2-1-8(11(16)17)13-10(15)7-3-5-18-6-4-7/h7-8H,1-6H2,(H2,12,14)(H,13,15)(H,16,17)/t8-/m1/s1. The van der Waals surface area contributed by atoms with Crippen molar-refractivity contribution < 1.29 is 24.2 Å². The zero-order valence-corrected chi connectivity index (χ0v) is 10.1. The molecule has 1 rings (SSSR count). The number of hydrogen-bond acceptors (Lipinski definition) is 4. The number of carbonyl (C=O) groups excluding carboxylic acids is 2. The number of carboxylic acid groups (broad SMARTS) is 1. The molecule has 0 radical (unpaired) electrons. The molecule has 1 aliphatic rings. The Morgan fingerprint density at radius 3 is 2.44 bits per heavy atom. The zero-order valence-electron chi connectivity index (χ0n) is 10.1. The normalized spacial score (nSPS) is 18.0. The van der Waals surface area contributed by atoms with E-state index < -0.39 is 17.9 Å². The van der Waals surface area contributed by atoms with Crippen molar-refractivity contribution in [2.45, 2.75) is 31.7 Å². The minimum Gasteiger partial charge on any atom is -0.480 e. The number of rotatable bonds is 6. The molecule has 2 amide bonds. The van der Waals surface area contributed by atoms with Crippen LogP contribution in [-0.4, -0.2) is 42.1 Å². The highest BCUT2D eigenvalue weighted by Crippen LogP contribution is 2.15. The smallest absolute Gasteiger partial charge is 0.326 e. The van der Waals surface area contributed by atoms with Gasteiger partial charge in [-0.2, -0.15) is 0 Å². The summed E-state index contributed by atoms with van der Waals surface area (Å²) < 4.78 is 5.12. The molecule has 0 aromatic carbocycles. The van der Waals surface area contributed by atoms with E-state index in [-0.39, 0.29) is 24.7 Å². The predicted molar refractivity (Wildman–Crippen MR) is 61.5 cm³/mol. The van der Waals surface area contributed by atoms with E-state index in [9.17, 15) is 14.4 Å². The number of carbonyl (C=O) groups is 3. The number of ether oxygens (including phenoxy) is 1. The van der Waals surface area contributed by atoms with Gasteiger partial charge in [0.15, 0.2) is 0 Å². The molecule has 1 fully saturated rings. The molecule has 0 aromatic heterocycles. The van der Waals surface area contributed by atoms with Crippen LogP contribution in [0.2, 0.25) is 0 Å². The number of carboxylic acids is 1. The van der Waals surface area contributed by atoms with Gasteiger partial charge in [-0.1, -0.05) is 0 Å². The van der Waals surface area contributed by atoms with E-state index in [2.05, 4.69) is 5.32 Å². The van der Waals surface area contributed by atoms with Gasteiger partial charge in [0.05, 0.1) is 0 Å². The fourth-order valence-electron chi connectivity index (χ4n) is 1.79. The lowest BCUT2D eigenvalue weighted by atomic mass is 9.98. The van der Waals surface area contributed by atoms with E-state index in [0.29, 0.717) is 26.1 Å². The lowest BCUT2D eigenvalue weighted by Crippen LogP contribution is -2.45. The van der Waals surface area contributed by atoms with Crippen LogP contribution in [0.5, 0.6) is 0 Å². The topological polar surface area (TPSA) is 119 Å². The number of primary amides is 1. The van der Waals surface area contributed by atoms with Gasteiger partial charge in [0.1, 0.15) is 6.04 Å². The van der Waals surface area contributed by atoms with E-state index in [0.717, 1.165) is 0 Å². The fraction of sp³-hybridized carbons (Fsp3) is 0.727. The quantitative estimate of drug-likeness (QED) is 0.579. The summed E-state index contributed by atoms with van der Waals surface area (Å²) in [5.41, 5.74) is 4.95.